The molecule has 0 fully saturated rings. The SMILES string of the molecule is BC(=O)NCCNC(=O)CCC(C)CCCC(C)CCCCC(C)CCCC(C)CCC(=O)O. The summed E-state index contributed by atoms with van der Waals surface area (Å²) in [6, 6.07) is 0. The molecule has 7 heteroatoms. The van der Waals surface area contributed by atoms with Gasteiger partial charge in [-0.1, -0.05) is 91.9 Å². The van der Waals surface area contributed by atoms with Crippen LogP contribution in [0.3, 0.4) is 0 Å². The summed E-state index contributed by atoms with van der Waals surface area (Å²) in [5.74, 6) is 1.96. The van der Waals surface area contributed by atoms with Crippen molar-refractivity contribution in [3.63, 3.8) is 0 Å². The van der Waals surface area contributed by atoms with Crippen LogP contribution in [-0.4, -0.2) is 43.7 Å². The van der Waals surface area contributed by atoms with Gasteiger partial charge >= 0.3 is 5.97 Å². The second kappa shape index (κ2) is 20.8. The lowest BCUT2D eigenvalue weighted by molar-refractivity contribution is -0.137. The molecule has 0 heterocycles. The van der Waals surface area contributed by atoms with Gasteiger partial charge in [-0.05, 0) is 36.5 Å². The molecule has 198 valence electrons. The summed E-state index contributed by atoms with van der Waals surface area (Å²) in [5, 5.41) is 14.3. The molecule has 0 aliphatic carbocycles. The number of carboxylic acid groups (broad SMARTS) is 1. The molecule has 0 radical (unpaired) electrons. The Bertz CT molecular complexity index is 559. The minimum Gasteiger partial charge on any atom is -0.481 e. The number of carboxylic acids is 1. The molecule has 0 saturated carbocycles. The summed E-state index contributed by atoms with van der Waals surface area (Å²) in [4.78, 5) is 33.3. The first kappa shape index (κ1) is 32.5. The van der Waals surface area contributed by atoms with Crippen LogP contribution in [0.1, 0.15) is 118 Å². The van der Waals surface area contributed by atoms with Gasteiger partial charge < -0.3 is 15.7 Å². The highest BCUT2D eigenvalue weighted by molar-refractivity contribution is 6.57. The molecule has 2 amide bonds. The van der Waals surface area contributed by atoms with E-state index in [1.807, 2.05) is 0 Å². The predicted octanol–water partition coefficient (Wildman–Crippen LogP) is 5.54. The van der Waals surface area contributed by atoms with E-state index in [0.717, 1.165) is 31.1 Å². The van der Waals surface area contributed by atoms with E-state index in [1.165, 1.54) is 65.6 Å². The number of unbranched alkanes of at least 4 members (excludes halogenated alkanes) is 1. The number of amides is 2. The summed E-state index contributed by atoms with van der Waals surface area (Å²) in [6.45, 7) is 10.1. The Kier molecular flexibility index (Phi) is 19.9. The van der Waals surface area contributed by atoms with Crippen molar-refractivity contribution in [1.29, 1.82) is 0 Å². The van der Waals surface area contributed by atoms with Crippen LogP contribution in [0.15, 0.2) is 0 Å². The number of rotatable bonds is 22. The second-order valence-electron chi connectivity index (χ2n) is 10.9. The Morgan fingerprint density at radius 2 is 1.00 bits per heavy atom. The highest BCUT2D eigenvalue weighted by atomic mass is 16.4. The van der Waals surface area contributed by atoms with Crippen molar-refractivity contribution >= 4 is 25.5 Å². The number of hydrogen-bond acceptors (Lipinski definition) is 3. The first-order valence-electron chi connectivity index (χ1n) is 13.8. The number of aliphatic carboxylic acids is 1. The fourth-order valence-corrected chi connectivity index (χ4v) is 4.47. The van der Waals surface area contributed by atoms with Crippen molar-refractivity contribution in [2.45, 2.75) is 118 Å². The molecule has 0 aliphatic heterocycles. The van der Waals surface area contributed by atoms with Gasteiger partial charge in [0.15, 0.2) is 5.81 Å². The van der Waals surface area contributed by atoms with E-state index in [2.05, 4.69) is 38.3 Å². The van der Waals surface area contributed by atoms with E-state index in [9.17, 15) is 14.4 Å². The van der Waals surface area contributed by atoms with Gasteiger partial charge in [-0.3, -0.25) is 14.4 Å². The maximum atomic E-state index is 11.9. The van der Waals surface area contributed by atoms with Gasteiger partial charge in [-0.15, -0.1) is 0 Å². The van der Waals surface area contributed by atoms with Crippen LogP contribution >= 0.6 is 0 Å². The predicted molar refractivity (Wildman–Crippen MR) is 144 cm³/mol. The smallest absolute Gasteiger partial charge is 0.303 e. The lowest BCUT2D eigenvalue weighted by Crippen LogP contribution is -2.34. The molecule has 0 aromatic rings. The fraction of sp³-hybridized carbons (Fsp3) is 0.889. The molecular formula is C27H53BN2O4. The summed E-state index contributed by atoms with van der Waals surface area (Å²) >= 11 is 0. The Balaban J connectivity index is 3.63. The number of nitrogens with one attached hydrogen (secondary N) is 2. The molecule has 0 bridgehead atoms. The maximum Gasteiger partial charge on any atom is 0.303 e. The van der Waals surface area contributed by atoms with Gasteiger partial charge in [0.2, 0.25) is 13.8 Å². The van der Waals surface area contributed by atoms with Gasteiger partial charge in [0.1, 0.15) is 0 Å². The zero-order valence-corrected chi connectivity index (χ0v) is 22.8. The molecule has 0 spiro atoms. The zero-order valence-electron chi connectivity index (χ0n) is 22.8. The van der Waals surface area contributed by atoms with E-state index in [0.29, 0.717) is 37.8 Å². The zero-order chi connectivity index (χ0) is 25.8. The molecular weight excluding hydrogens is 427 g/mol. The summed E-state index contributed by atoms with van der Waals surface area (Å²) in [6.07, 6.45) is 15.2. The number of carbonyl (C=O) groups excluding carboxylic acids is 2. The molecule has 6 nitrogen and oxygen atoms in total. The van der Waals surface area contributed by atoms with Gasteiger partial charge in [0.05, 0.1) is 0 Å². The van der Waals surface area contributed by atoms with Gasteiger partial charge in [-0.25, -0.2) is 0 Å². The van der Waals surface area contributed by atoms with Crippen molar-refractivity contribution < 1.29 is 19.5 Å². The molecule has 3 N–H and O–H groups in total. The van der Waals surface area contributed by atoms with Crippen molar-refractivity contribution in [1.82, 2.24) is 10.6 Å². The van der Waals surface area contributed by atoms with Crippen molar-refractivity contribution in [2.75, 3.05) is 13.1 Å². The highest BCUT2D eigenvalue weighted by Crippen LogP contribution is 2.23. The fourth-order valence-electron chi connectivity index (χ4n) is 4.47. The Morgan fingerprint density at radius 3 is 1.44 bits per heavy atom. The summed E-state index contributed by atoms with van der Waals surface area (Å²) in [7, 11) is 1.48. The lowest BCUT2D eigenvalue weighted by Gasteiger charge is -2.16. The van der Waals surface area contributed by atoms with E-state index < -0.39 is 5.97 Å². The second-order valence-corrected chi connectivity index (χ2v) is 10.9. The average molecular weight is 481 g/mol. The van der Waals surface area contributed by atoms with E-state index in [-0.39, 0.29) is 11.7 Å². The largest absolute Gasteiger partial charge is 0.481 e. The quantitative estimate of drug-likeness (QED) is 0.140. The van der Waals surface area contributed by atoms with Crippen LogP contribution in [0.5, 0.6) is 0 Å². The third-order valence-corrected chi connectivity index (χ3v) is 6.97. The first-order valence-corrected chi connectivity index (χ1v) is 13.8. The molecule has 0 aromatic heterocycles. The van der Waals surface area contributed by atoms with Crippen LogP contribution in [0.2, 0.25) is 0 Å². The van der Waals surface area contributed by atoms with Crippen LogP contribution < -0.4 is 10.6 Å². The standard InChI is InChI=1S/C27H53BN2O4/c1-21(9-5-6-10-22(2)12-8-14-24(4)16-18-26(32)33)11-7-13-23(3)15-17-25(31)29-19-20-30-27(28)34/h21-24H,5-20,28H2,1-4H3,(H,29,31)(H,30,34)(H,32,33). The number of carbonyl (C=O) groups is 3. The minimum absolute atomic E-state index is 0.0698. The Hall–Kier alpha value is -1.53. The van der Waals surface area contributed by atoms with Crippen molar-refractivity contribution in [2.24, 2.45) is 23.7 Å². The summed E-state index contributed by atoms with van der Waals surface area (Å²) < 4.78 is 0. The third-order valence-electron chi connectivity index (χ3n) is 6.97. The highest BCUT2D eigenvalue weighted by Gasteiger charge is 2.10. The molecule has 0 aliphatic rings. The molecule has 4 unspecified atom stereocenters. The first-order chi connectivity index (χ1) is 16.1. The molecule has 0 rings (SSSR count). The van der Waals surface area contributed by atoms with Crippen LogP contribution in [-0.2, 0) is 9.59 Å². The monoisotopic (exact) mass is 480 g/mol. The lowest BCUT2D eigenvalue weighted by atomic mass is 9.90. The molecule has 0 saturated heterocycles. The normalized spacial score (nSPS) is 14.7. The summed E-state index contributed by atoms with van der Waals surface area (Å²) in [5.41, 5.74) is 0. The molecule has 0 aromatic carbocycles. The van der Waals surface area contributed by atoms with Crippen LogP contribution in [0.25, 0.3) is 0 Å². The Morgan fingerprint density at radius 1 is 0.618 bits per heavy atom. The van der Waals surface area contributed by atoms with E-state index in [1.54, 1.807) is 0 Å². The maximum absolute atomic E-state index is 11.9. The molecule has 34 heavy (non-hydrogen) atoms. The van der Waals surface area contributed by atoms with Gasteiger partial charge in [-0.2, -0.15) is 0 Å². The third kappa shape index (κ3) is 22.3. The topological polar surface area (TPSA) is 95.5 Å². The van der Waals surface area contributed by atoms with E-state index in [4.69, 9.17) is 5.11 Å². The molecule has 4 atom stereocenters. The minimum atomic E-state index is -0.680. The van der Waals surface area contributed by atoms with Crippen LogP contribution in [0.4, 0.5) is 4.79 Å². The van der Waals surface area contributed by atoms with Gasteiger partial charge in [0, 0.05) is 25.9 Å². The number of hydrogen-bond donors (Lipinski definition) is 3. The average Bonchev–Trinajstić information content (AvgIpc) is 2.76. The van der Waals surface area contributed by atoms with E-state index >= 15 is 0 Å². The van der Waals surface area contributed by atoms with Crippen molar-refractivity contribution in [3.05, 3.63) is 0 Å². The van der Waals surface area contributed by atoms with Gasteiger partial charge in [0.25, 0.3) is 0 Å². The van der Waals surface area contributed by atoms with Crippen LogP contribution in [0, 0.1) is 23.7 Å². The Labute approximate surface area is 210 Å². The van der Waals surface area contributed by atoms with Crippen molar-refractivity contribution in [3.8, 4) is 0 Å².